The summed E-state index contributed by atoms with van der Waals surface area (Å²) in [4.78, 5) is 15.9. The Bertz CT molecular complexity index is 1350. The smallest absolute Gasteiger partial charge is 0.230 e. The molecule has 5 rings (SSSR count). The average molecular weight is 499 g/mol. The van der Waals surface area contributed by atoms with Crippen LogP contribution in [0.1, 0.15) is 0 Å². The Balaban J connectivity index is 1.19. The van der Waals surface area contributed by atoms with E-state index in [1.54, 1.807) is 30.7 Å². The minimum atomic E-state index is -1.20. The highest BCUT2D eigenvalue weighted by Crippen LogP contribution is 2.24. The van der Waals surface area contributed by atoms with Crippen LogP contribution in [-0.2, 0) is 10.8 Å². The number of nitrogens with zero attached hydrogens (tertiary/aromatic N) is 7. The fourth-order valence-electron chi connectivity index (χ4n) is 4.14. The lowest BCUT2D eigenvalue weighted by Gasteiger charge is -2.36. The van der Waals surface area contributed by atoms with E-state index in [-0.39, 0.29) is 11.8 Å². The predicted octanol–water partition coefficient (Wildman–Crippen LogP) is 2.10. The zero-order valence-electron chi connectivity index (χ0n) is 19.6. The fraction of sp³-hybridized carbons (Fsp3) is 0.348. The molecular weight excluding hydrogens is 471 g/mol. The molecule has 1 aliphatic rings. The van der Waals surface area contributed by atoms with Crippen molar-refractivity contribution in [2.45, 2.75) is 4.90 Å². The maximum atomic E-state index is 14.5. The van der Waals surface area contributed by atoms with Crippen molar-refractivity contribution in [2.75, 3.05) is 68.1 Å². The van der Waals surface area contributed by atoms with Crippen LogP contribution < -0.4 is 15.5 Å². The summed E-state index contributed by atoms with van der Waals surface area (Å²) in [5.74, 6) is 1.09. The van der Waals surface area contributed by atoms with Gasteiger partial charge in [-0.15, -0.1) is 0 Å². The van der Waals surface area contributed by atoms with E-state index in [2.05, 4.69) is 20.0 Å². The topological polar surface area (TPSA) is 109 Å². The van der Waals surface area contributed by atoms with Gasteiger partial charge in [0.2, 0.25) is 11.9 Å². The summed E-state index contributed by atoms with van der Waals surface area (Å²) in [5.41, 5.74) is 7.93. The molecule has 0 saturated carbocycles. The Hall–Kier alpha value is -3.51. The number of halogens is 1. The van der Waals surface area contributed by atoms with Crippen LogP contribution in [0.3, 0.4) is 0 Å². The quantitative estimate of drug-likeness (QED) is 0.410. The van der Waals surface area contributed by atoms with Crippen LogP contribution in [0.4, 0.5) is 22.0 Å². The molecule has 10 nitrogen and oxygen atoms in total. The Morgan fingerprint density at radius 2 is 1.97 bits per heavy atom. The molecule has 3 aromatic heterocycles. The van der Waals surface area contributed by atoms with Gasteiger partial charge in [-0.3, -0.25) is 9.11 Å². The minimum Gasteiger partial charge on any atom is -0.463 e. The lowest BCUT2D eigenvalue weighted by Crippen LogP contribution is -2.48. The van der Waals surface area contributed by atoms with Crippen LogP contribution >= 0.6 is 0 Å². The van der Waals surface area contributed by atoms with Crippen molar-refractivity contribution >= 4 is 34.0 Å². The van der Waals surface area contributed by atoms with E-state index in [9.17, 15) is 8.60 Å². The normalized spacial score (nSPS) is 15.6. The zero-order valence-corrected chi connectivity index (χ0v) is 20.4. The summed E-state index contributed by atoms with van der Waals surface area (Å²) in [7, 11) is 0.735. The van der Waals surface area contributed by atoms with Crippen LogP contribution in [-0.4, -0.2) is 81.3 Å². The van der Waals surface area contributed by atoms with Crippen LogP contribution in [0.5, 0.6) is 0 Å². The summed E-state index contributed by atoms with van der Waals surface area (Å²) in [5, 5.41) is 4.43. The number of likely N-dealkylation sites (N-methyl/N-ethyl adjacent to an activating group) is 1. The fourth-order valence-corrected chi connectivity index (χ4v) is 4.67. The van der Waals surface area contributed by atoms with Gasteiger partial charge in [0.15, 0.2) is 11.4 Å². The first kappa shape index (κ1) is 23.2. The van der Waals surface area contributed by atoms with Crippen LogP contribution in [0.25, 0.3) is 17.1 Å². The van der Waals surface area contributed by atoms with Gasteiger partial charge in [-0.05, 0) is 30.3 Å². The third-order valence-corrected chi connectivity index (χ3v) is 7.09. The Morgan fingerprint density at radius 1 is 1.17 bits per heavy atom. The van der Waals surface area contributed by atoms with Crippen LogP contribution in [0.15, 0.2) is 52.0 Å². The molecule has 1 atom stereocenters. The molecule has 1 fully saturated rings. The Morgan fingerprint density at radius 3 is 2.66 bits per heavy atom. The highest BCUT2D eigenvalue weighted by molar-refractivity contribution is 7.84. The van der Waals surface area contributed by atoms with Crippen molar-refractivity contribution in [3.05, 3.63) is 48.5 Å². The van der Waals surface area contributed by atoms with Crippen molar-refractivity contribution < 1.29 is 13.0 Å². The van der Waals surface area contributed by atoms with Crippen molar-refractivity contribution in [3.63, 3.8) is 0 Å². The molecule has 1 saturated heterocycles. The molecule has 0 aliphatic carbocycles. The summed E-state index contributed by atoms with van der Waals surface area (Å²) in [6, 6.07) is 10.3. The number of hydrogen-bond acceptors (Lipinski definition) is 9. The highest BCUT2D eigenvalue weighted by Gasteiger charge is 2.21. The second-order valence-electron chi connectivity index (χ2n) is 8.48. The van der Waals surface area contributed by atoms with E-state index in [1.165, 1.54) is 10.6 Å². The number of furan rings is 1. The predicted molar refractivity (Wildman–Crippen MR) is 134 cm³/mol. The molecule has 0 bridgehead atoms. The first-order valence-electron chi connectivity index (χ1n) is 11.3. The molecule has 12 heteroatoms. The summed E-state index contributed by atoms with van der Waals surface area (Å²) in [6.45, 7) is 4.58. The standard InChI is InChI=1S/C23H27FN8O2S/c1-29(23-26-21-15-18(20-4-3-13-34-20)28-32(21)22(25)27-23)7-8-30-9-11-31(12-10-30)19-6-5-16(35(2)33)14-17(19)24/h3-6,13-15H,7-12H2,1-2H3,(H2,25,26,27)/t35-/m0/s1. The van der Waals surface area contributed by atoms with Gasteiger partial charge in [0.1, 0.15) is 11.5 Å². The highest BCUT2D eigenvalue weighted by atomic mass is 32.2. The van der Waals surface area contributed by atoms with Crippen molar-refractivity contribution in [3.8, 4) is 11.5 Å². The van der Waals surface area contributed by atoms with Gasteiger partial charge in [0.25, 0.3) is 0 Å². The van der Waals surface area contributed by atoms with Gasteiger partial charge in [-0.2, -0.15) is 19.6 Å². The van der Waals surface area contributed by atoms with E-state index in [1.807, 2.05) is 29.0 Å². The lowest BCUT2D eigenvalue weighted by molar-refractivity contribution is 0.262. The Labute approximate surface area is 204 Å². The second-order valence-corrected chi connectivity index (χ2v) is 9.86. The number of aromatic nitrogens is 4. The molecular formula is C23H27FN8O2S. The lowest BCUT2D eigenvalue weighted by atomic mass is 10.2. The van der Waals surface area contributed by atoms with Gasteiger partial charge in [0.05, 0.1) is 12.0 Å². The molecule has 1 aliphatic heterocycles. The van der Waals surface area contributed by atoms with Gasteiger partial charge in [0, 0.05) is 74.3 Å². The summed E-state index contributed by atoms with van der Waals surface area (Å²) >= 11 is 0. The summed E-state index contributed by atoms with van der Waals surface area (Å²) < 4.78 is 33.0. The molecule has 1 aromatic carbocycles. The van der Waals surface area contributed by atoms with E-state index >= 15 is 0 Å². The van der Waals surface area contributed by atoms with E-state index < -0.39 is 10.8 Å². The molecule has 4 heterocycles. The molecule has 0 amide bonds. The largest absolute Gasteiger partial charge is 0.463 e. The number of hydrogen-bond donors (Lipinski definition) is 1. The monoisotopic (exact) mass is 498 g/mol. The van der Waals surface area contributed by atoms with E-state index in [4.69, 9.17) is 10.2 Å². The van der Waals surface area contributed by atoms with Crippen LogP contribution in [0.2, 0.25) is 0 Å². The number of benzene rings is 1. The molecule has 35 heavy (non-hydrogen) atoms. The molecule has 2 N–H and O–H groups in total. The molecule has 184 valence electrons. The van der Waals surface area contributed by atoms with Crippen molar-refractivity contribution in [1.29, 1.82) is 0 Å². The number of nitrogen functional groups attached to an aromatic ring is 1. The third kappa shape index (κ3) is 4.84. The number of rotatable bonds is 7. The molecule has 4 aromatic rings. The number of fused-ring (bicyclic) bond motifs is 1. The van der Waals surface area contributed by atoms with Crippen LogP contribution in [0, 0.1) is 5.82 Å². The SMILES string of the molecule is CN(CCN1CCN(c2ccc([S@](C)=O)cc2F)CC1)c1nc(N)n2nc(-c3ccco3)cc2n1. The average Bonchev–Trinajstić information content (AvgIpc) is 3.53. The third-order valence-electron chi connectivity index (χ3n) is 6.17. The van der Waals surface area contributed by atoms with Gasteiger partial charge < -0.3 is 20.0 Å². The molecule has 0 radical (unpaired) electrons. The number of piperazine rings is 1. The first-order chi connectivity index (χ1) is 16.9. The minimum absolute atomic E-state index is 0.253. The first-order valence-corrected chi connectivity index (χ1v) is 12.8. The van der Waals surface area contributed by atoms with Crippen molar-refractivity contribution in [2.24, 2.45) is 0 Å². The van der Waals surface area contributed by atoms with Gasteiger partial charge in [-0.1, -0.05) is 0 Å². The van der Waals surface area contributed by atoms with E-state index in [0.29, 0.717) is 40.2 Å². The maximum absolute atomic E-state index is 14.5. The van der Waals surface area contributed by atoms with Gasteiger partial charge >= 0.3 is 0 Å². The maximum Gasteiger partial charge on any atom is 0.230 e. The van der Waals surface area contributed by atoms with Crippen molar-refractivity contribution in [1.82, 2.24) is 24.5 Å². The van der Waals surface area contributed by atoms with Gasteiger partial charge in [-0.25, -0.2) is 4.39 Å². The second kappa shape index (κ2) is 9.62. The zero-order chi connectivity index (χ0) is 24.5. The number of anilines is 3. The summed E-state index contributed by atoms with van der Waals surface area (Å²) in [6.07, 6.45) is 3.14. The molecule has 0 unspecified atom stereocenters. The van der Waals surface area contributed by atoms with E-state index in [0.717, 1.165) is 32.7 Å². The molecule has 0 spiro atoms. The number of nitrogens with two attached hydrogens (primary N) is 1. The Kier molecular flexibility index (Phi) is 6.39.